The van der Waals surface area contributed by atoms with E-state index >= 15 is 0 Å². The molecule has 0 unspecified atom stereocenters. The van der Waals surface area contributed by atoms with Crippen LogP contribution in [-0.4, -0.2) is 17.5 Å². The molecule has 1 aromatic rings. The number of hydrogen-bond donors (Lipinski definition) is 0. The average Bonchev–Trinajstić information content (AvgIpc) is 2.31. The van der Waals surface area contributed by atoms with E-state index in [-0.39, 0.29) is 18.8 Å². The Balaban J connectivity index is 1.99. The number of halogens is 2. The molecule has 0 aromatic carbocycles. The van der Waals surface area contributed by atoms with Gasteiger partial charge in [0.1, 0.15) is 0 Å². The summed E-state index contributed by atoms with van der Waals surface area (Å²) in [4.78, 5) is 4.17. The van der Waals surface area contributed by atoms with Gasteiger partial charge in [-0.1, -0.05) is 6.07 Å². The van der Waals surface area contributed by atoms with Crippen LogP contribution in [0.25, 0.3) is 0 Å². The smallest absolute Gasteiger partial charge is 0.248 e. The van der Waals surface area contributed by atoms with Gasteiger partial charge >= 0.3 is 0 Å². The molecule has 0 bridgehead atoms. The van der Waals surface area contributed by atoms with Crippen molar-refractivity contribution >= 4 is 0 Å². The molecule has 0 N–H and O–H groups in total. The van der Waals surface area contributed by atoms with E-state index in [0.29, 0.717) is 25.3 Å². The van der Waals surface area contributed by atoms with E-state index in [9.17, 15) is 8.78 Å². The zero-order chi connectivity index (χ0) is 12.3. The highest BCUT2D eigenvalue weighted by atomic mass is 19.3. The zero-order valence-corrected chi connectivity index (χ0v) is 9.96. The topological polar surface area (TPSA) is 22.1 Å². The standard InChI is InChI=1S/C13H17F2NO/c1-2-17-12-4-3-11(9-16-12)10-5-7-13(14,15)8-6-10/h3-4,9-10H,2,5-8H2,1H3. The monoisotopic (exact) mass is 241 g/mol. The maximum Gasteiger partial charge on any atom is 0.248 e. The Labute approximate surface area is 100 Å². The maximum atomic E-state index is 13.0. The van der Waals surface area contributed by atoms with Crippen LogP contribution in [0.2, 0.25) is 0 Å². The van der Waals surface area contributed by atoms with Crippen LogP contribution in [0.1, 0.15) is 44.1 Å². The molecule has 1 fully saturated rings. The van der Waals surface area contributed by atoms with Crippen molar-refractivity contribution in [3.8, 4) is 5.88 Å². The molecule has 2 rings (SSSR count). The molecule has 0 aliphatic heterocycles. The summed E-state index contributed by atoms with van der Waals surface area (Å²) in [6, 6.07) is 3.75. The molecule has 1 heterocycles. The minimum absolute atomic E-state index is 0.00905. The summed E-state index contributed by atoms with van der Waals surface area (Å²) in [5.74, 6) is -1.65. The minimum atomic E-state index is -2.46. The third kappa shape index (κ3) is 3.14. The predicted molar refractivity (Wildman–Crippen MR) is 61.6 cm³/mol. The van der Waals surface area contributed by atoms with Gasteiger partial charge < -0.3 is 4.74 Å². The van der Waals surface area contributed by atoms with E-state index in [2.05, 4.69) is 4.98 Å². The van der Waals surface area contributed by atoms with Gasteiger partial charge in [-0.05, 0) is 31.2 Å². The normalized spacial score (nSPS) is 20.2. The van der Waals surface area contributed by atoms with Crippen molar-refractivity contribution in [2.24, 2.45) is 0 Å². The maximum absolute atomic E-state index is 13.0. The highest BCUT2D eigenvalue weighted by Crippen LogP contribution is 2.40. The quantitative estimate of drug-likeness (QED) is 0.803. The number of nitrogens with zero attached hydrogens (tertiary/aromatic N) is 1. The van der Waals surface area contributed by atoms with Crippen LogP contribution in [-0.2, 0) is 0 Å². The van der Waals surface area contributed by atoms with E-state index < -0.39 is 5.92 Å². The number of rotatable bonds is 3. The summed E-state index contributed by atoms with van der Waals surface area (Å²) >= 11 is 0. The molecule has 0 atom stereocenters. The van der Waals surface area contributed by atoms with Gasteiger partial charge in [0.25, 0.3) is 0 Å². The van der Waals surface area contributed by atoms with Gasteiger partial charge in [-0.25, -0.2) is 13.8 Å². The van der Waals surface area contributed by atoms with Gasteiger partial charge in [0.2, 0.25) is 11.8 Å². The average molecular weight is 241 g/mol. The first-order chi connectivity index (χ1) is 8.11. The minimum Gasteiger partial charge on any atom is -0.478 e. The van der Waals surface area contributed by atoms with Gasteiger partial charge in [0, 0.05) is 25.1 Å². The first kappa shape index (κ1) is 12.3. The Morgan fingerprint density at radius 1 is 1.35 bits per heavy atom. The number of ether oxygens (including phenoxy) is 1. The summed E-state index contributed by atoms with van der Waals surface area (Å²) in [5.41, 5.74) is 1.05. The van der Waals surface area contributed by atoms with Crippen molar-refractivity contribution in [2.75, 3.05) is 6.61 Å². The largest absolute Gasteiger partial charge is 0.478 e. The molecule has 0 saturated heterocycles. The number of alkyl halides is 2. The fourth-order valence-corrected chi connectivity index (χ4v) is 2.24. The molecule has 1 aromatic heterocycles. The molecule has 1 aliphatic rings. The van der Waals surface area contributed by atoms with E-state index in [1.54, 1.807) is 6.20 Å². The van der Waals surface area contributed by atoms with Crippen LogP contribution in [0.15, 0.2) is 18.3 Å². The fraction of sp³-hybridized carbons (Fsp3) is 0.615. The van der Waals surface area contributed by atoms with Crippen LogP contribution in [0.5, 0.6) is 5.88 Å². The van der Waals surface area contributed by atoms with Crippen LogP contribution in [0, 0.1) is 0 Å². The van der Waals surface area contributed by atoms with Crippen molar-refractivity contribution < 1.29 is 13.5 Å². The van der Waals surface area contributed by atoms with Crippen molar-refractivity contribution in [1.82, 2.24) is 4.98 Å². The second-order valence-electron chi connectivity index (χ2n) is 4.49. The lowest BCUT2D eigenvalue weighted by Gasteiger charge is -2.28. The molecule has 0 radical (unpaired) electrons. The molecule has 0 spiro atoms. The predicted octanol–water partition coefficient (Wildman–Crippen LogP) is 3.77. The molecule has 2 nitrogen and oxygen atoms in total. The number of aromatic nitrogens is 1. The Morgan fingerprint density at radius 3 is 2.59 bits per heavy atom. The number of pyridine rings is 1. The SMILES string of the molecule is CCOc1ccc(C2CCC(F)(F)CC2)cn1. The second kappa shape index (κ2) is 4.98. The van der Waals surface area contributed by atoms with Crippen molar-refractivity contribution in [2.45, 2.75) is 44.4 Å². The summed E-state index contributed by atoms with van der Waals surface area (Å²) < 4.78 is 31.3. The Hall–Kier alpha value is -1.19. The van der Waals surface area contributed by atoms with Crippen LogP contribution in [0.4, 0.5) is 8.78 Å². The first-order valence-electron chi connectivity index (χ1n) is 6.07. The lowest BCUT2D eigenvalue weighted by atomic mass is 9.83. The summed E-state index contributed by atoms with van der Waals surface area (Å²) in [6.07, 6.45) is 2.82. The van der Waals surface area contributed by atoms with Crippen LogP contribution in [0.3, 0.4) is 0 Å². The molecular formula is C13H17F2NO. The molecule has 0 amide bonds. The third-order valence-electron chi connectivity index (χ3n) is 3.24. The molecule has 1 aliphatic carbocycles. The molecular weight excluding hydrogens is 224 g/mol. The van der Waals surface area contributed by atoms with Gasteiger partial charge in [0.15, 0.2) is 0 Å². The zero-order valence-electron chi connectivity index (χ0n) is 9.96. The molecule has 4 heteroatoms. The molecule has 1 saturated carbocycles. The molecule has 94 valence electrons. The van der Waals surface area contributed by atoms with Gasteiger partial charge in [-0.2, -0.15) is 0 Å². The number of hydrogen-bond acceptors (Lipinski definition) is 2. The highest BCUT2D eigenvalue weighted by molar-refractivity contribution is 5.21. The van der Waals surface area contributed by atoms with Crippen molar-refractivity contribution in [1.29, 1.82) is 0 Å². The second-order valence-corrected chi connectivity index (χ2v) is 4.49. The Kier molecular flexibility index (Phi) is 3.60. The summed E-state index contributed by atoms with van der Waals surface area (Å²) in [5, 5.41) is 0. The van der Waals surface area contributed by atoms with Crippen molar-refractivity contribution in [3.63, 3.8) is 0 Å². The van der Waals surface area contributed by atoms with E-state index in [1.165, 1.54) is 0 Å². The van der Waals surface area contributed by atoms with Crippen LogP contribution >= 0.6 is 0 Å². The van der Waals surface area contributed by atoms with Gasteiger partial charge in [-0.15, -0.1) is 0 Å². The Bertz CT molecular complexity index is 354. The summed E-state index contributed by atoms with van der Waals surface area (Å²) in [6.45, 7) is 2.49. The fourth-order valence-electron chi connectivity index (χ4n) is 2.24. The Morgan fingerprint density at radius 2 is 2.06 bits per heavy atom. The third-order valence-corrected chi connectivity index (χ3v) is 3.24. The van der Waals surface area contributed by atoms with Gasteiger partial charge in [-0.3, -0.25) is 0 Å². The van der Waals surface area contributed by atoms with Crippen molar-refractivity contribution in [3.05, 3.63) is 23.9 Å². The lowest BCUT2D eigenvalue weighted by Crippen LogP contribution is -2.23. The summed E-state index contributed by atoms with van der Waals surface area (Å²) in [7, 11) is 0. The molecule has 17 heavy (non-hydrogen) atoms. The first-order valence-corrected chi connectivity index (χ1v) is 6.07. The highest BCUT2D eigenvalue weighted by Gasteiger charge is 2.35. The van der Waals surface area contributed by atoms with E-state index in [4.69, 9.17) is 4.74 Å². The van der Waals surface area contributed by atoms with E-state index in [1.807, 2.05) is 19.1 Å². The lowest BCUT2D eigenvalue weighted by molar-refractivity contribution is -0.0382. The van der Waals surface area contributed by atoms with E-state index in [0.717, 1.165) is 5.56 Å². The van der Waals surface area contributed by atoms with Crippen LogP contribution < -0.4 is 4.74 Å². The van der Waals surface area contributed by atoms with Gasteiger partial charge in [0.05, 0.1) is 6.61 Å².